The summed E-state index contributed by atoms with van der Waals surface area (Å²) in [4.78, 5) is 2.24. The summed E-state index contributed by atoms with van der Waals surface area (Å²) >= 11 is 0. The molecule has 3 aromatic rings. The number of aryl methyl sites for hydroxylation is 1. The third-order valence-corrected chi connectivity index (χ3v) is 4.86. The summed E-state index contributed by atoms with van der Waals surface area (Å²) in [7, 11) is 1.63. The zero-order chi connectivity index (χ0) is 21.5. The van der Waals surface area contributed by atoms with E-state index in [0.717, 1.165) is 29.9 Å². The highest BCUT2D eigenvalue weighted by molar-refractivity contribution is 5.47. The maximum atomic E-state index is 9.94. The van der Waals surface area contributed by atoms with E-state index in [1.54, 1.807) is 7.11 Å². The second-order valence-electron chi connectivity index (χ2n) is 7.45. The van der Waals surface area contributed by atoms with Gasteiger partial charge in [-0.2, -0.15) is 5.10 Å². The van der Waals surface area contributed by atoms with Crippen LogP contribution in [0.5, 0.6) is 17.4 Å². The molecule has 0 aliphatic carbocycles. The van der Waals surface area contributed by atoms with Crippen LogP contribution >= 0.6 is 0 Å². The molecule has 1 N–H and O–H groups in total. The van der Waals surface area contributed by atoms with Gasteiger partial charge in [0, 0.05) is 13.1 Å². The highest BCUT2D eigenvalue weighted by Crippen LogP contribution is 2.36. The number of benzene rings is 2. The van der Waals surface area contributed by atoms with Crippen molar-refractivity contribution < 1.29 is 14.6 Å². The third-order valence-electron chi connectivity index (χ3n) is 4.86. The standard InChI is InChI=1S/C24H31N3O3/c1-5-15-26(16-18(2)28)17-21-19(3)25-27(20-11-7-6-8-12-20)24(21)30-23-14-10-9-13-22(23)29-4/h6-14,18,28H,5,15-17H2,1-4H3/t18-/m1/s1. The van der Waals surface area contributed by atoms with Crippen LogP contribution in [-0.2, 0) is 6.54 Å². The molecule has 0 amide bonds. The summed E-state index contributed by atoms with van der Waals surface area (Å²) in [6.07, 6.45) is 0.598. The van der Waals surface area contributed by atoms with Crippen molar-refractivity contribution in [3.05, 3.63) is 65.9 Å². The summed E-state index contributed by atoms with van der Waals surface area (Å²) in [5, 5.41) is 14.7. The van der Waals surface area contributed by atoms with Gasteiger partial charge >= 0.3 is 0 Å². The molecule has 0 saturated heterocycles. The molecule has 6 heteroatoms. The average molecular weight is 410 g/mol. The maximum Gasteiger partial charge on any atom is 0.227 e. The van der Waals surface area contributed by atoms with E-state index in [1.165, 1.54) is 0 Å². The predicted molar refractivity (Wildman–Crippen MR) is 119 cm³/mol. The van der Waals surface area contributed by atoms with Gasteiger partial charge in [-0.15, -0.1) is 0 Å². The number of hydrogen-bond donors (Lipinski definition) is 1. The fourth-order valence-corrected chi connectivity index (χ4v) is 3.53. The molecule has 6 nitrogen and oxygen atoms in total. The Hall–Kier alpha value is -2.83. The monoisotopic (exact) mass is 409 g/mol. The highest BCUT2D eigenvalue weighted by Gasteiger charge is 2.22. The van der Waals surface area contributed by atoms with Gasteiger partial charge in [0.15, 0.2) is 11.5 Å². The third kappa shape index (κ3) is 5.20. The summed E-state index contributed by atoms with van der Waals surface area (Å²) in [5.41, 5.74) is 2.82. The van der Waals surface area contributed by atoms with Gasteiger partial charge in [-0.05, 0) is 51.1 Å². The van der Waals surface area contributed by atoms with E-state index in [1.807, 2.05) is 73.1 Å². The van der Waals surface area contributed by atoms with E-state index in [4.69, 9.17) is 14.6 Å². The molecule has 160 valence electrons. The zero-order valence-corrected chi connectivity index (χ0v) is 18.2. The van der Waals surface area contributed by atoms with Gasteiger partial charge < -0.3 is 14.6 Å². The fourth-order valence-electron chi connectivity index (χ4n) is 3.53. The molecule has 0 saturated carbocycles. The first-order chi connectivity index (χ1) is 14.5. The molecule has 0 fully saturated rings. The fraction of sp³-hybridized carbons (Fsp3) is 0.375. The number of aliphatic hydroxyl groups is 1. The van der Waals surface area contributed by atoms with Crippen molar-refractivity contribution in [1.29, 1.82) is 0 Å². The Balaban J connectivity index is 2.06. The van der Waals surface area contributed by atoms with Crippen molar-refractivity contribution in [3.63, 3.8) is 0 Å². The van der Waals surface area contributed by atoms with Crippen LogP contribution in [0.2, 0.25) is 0 Å². The molecule has 1 atom stereocenters. The van der Waals surface area contributed by atoms with Crippen LogP contribution in [0.25, 0.3) is 5.69 Å². The van der Waals surface area contributed by atoms with Crippen LogP contribution in [0.15, 0.2) is 54.6 Å². The number of ether oxygens (including phenoxy) is 2. The van der Waals surface area contributed by atoms with Crippen molar-refractivity contribution in [2.24, 2.45) is 0 Å². The number of rotatable bonds is 10. The summed E-state index contributed by atoms with van der Waals surface area (Å²) in [6, 6.07) is 17.6. The molecule has 0 unspecified atom stereocenters. The van der Waals surface area contributed by atoms with E-state index in [0.29, 0.717) is 30.5 Å². The van der Waals surface area contributed by atoms with Crippen molar-refractivity contribution >= 4 is 0 Å². The Kier molecular flexibility index (Phi) is 7.49. The molecular weight excluding hydrogens is 378 g/mol. The SMILES string of the molecule is CCCN(Cc1c(C)nn(-c2ccccc2)c1Oc1ccccc1OC)C[C@@H](C)O. The molecule has 2 aromatic carbocycles. The lowest BCUT2D eigenvalue weighted by Gasteiger charge is -2.23. The molecule has 3 rings (SSSR count). The van der Waals surface area contributed by atoms with Gasteiger partial charge in [-0.1, -0.05) is 37.3 Å². The highest BCUT2D eigenvalue weighted by atomic mass is 16.5. The zero-order valence-electron chi connectivity index (χ0n) is 18.2. The molecule has 1 aromatic heterocycles. The number of aliphatic hydroxyl groups excluding tert-OH is 1. The van der Waals surface area contributed by atoms with E-state index in [-0.39, 0.29) is 0 Å². The molecule has 30 heavy (non-hydrogen) atoms. The minimum atomic E-state index is -0.403. The first-order valence-corrected chi connectivity index (χ1v) is 10.4. The van der Waals surface area contributed by atoms with E-state index in [2.05, 4.69) is 11.8 Å². The topological polar surface area (TPSA) is 59.8 Å². The van der Waals surface area contributed by atoms with Crippen LogP contribution < -0.4 is 9.47 Å². The summed E-state index contributed by atoms with van der Waals surface area (Å²) < 4.78 is 13.7. The van der Waals surface area contributed by atoms with Crippen molar-refractivity contribution in [2.45, 2.75) is 39.8 Å². The van der Waals surface area contributed by atoms with Crippen LogP contribution in [0.1, 0.15) is 31.5 Å². The lowest BCUT2D eigenvalue weighted by atomic mass is 10.2. The number of nitrogens with zero attached hydrogens (tertiary/aromatic N) is 3. The summed E-state index contributed by atoms with van der Waals surface area (Å²) in [5.74, 6) is 1.96. The van der Waals surface area contributed by atoms with Crippen LogP contribution in [0, 0.1) is 6.92 Å². The molecule has 1 heterocycles. The van der Waals surface area contributed by atoms with Crippen molar-refractivity contribution in [1.82, 2.24) is 14.7 Å². The first-order valence-electron chi connectivity index (χ1n) is 10.4. The first kappa shape index (κ1) is 21.9. The number of para-hydroxylation sites is 3. The van der Waals surface area contributed by atoms with Crippen molar-refractivity contribution in [2.75, 3.05) is 20.2 Å². The molecule has 0 aliphatic heterocycles. The Labute approximate surface area is 178 Å². The van der Waals surface area contributed by atoms with Gasteiger partial charge in [0.25, 0.3) is 0 Å². The number of methoxy groups -OCH3 is 1. The summed E-state index contributed by atoms with van der Waals surface area (Å²) in [6.45, 7) is 8.07. The van der Waals surface area contributed by atoms with Gasteiger partial charge in [-0.25, -0.2) is 4.68 Å². The lowest BCUT2D eigenvalue weighted by Crippen LogP contribution is -2.31. The van der Waals surface area contributed by atoms with E-state index < -0.39 is 6.10 Å². The van der Waals surface area contributed by atoms with Gasteiger partial charge in [0.2, 0.25) is 5.88 Å². The van der Waals surface area contributed by atoms with Gasteiger partial charge in [0.1, 0.15) is 0 Å². The van der Waals surface area contributed by atoms with E-state index in [9.17, 15) is 5.11 Å². The van der Waals surface area contributed by atoms with Gasteiger partial charge in [0.05, 0.1) is 30.2 Å². The Morgan fingerprint density at radius 2 is 1.73 bits per heavy atom. The minimum Gasteiger partial charge on any atom is -0.493 e. The molecule has 0 spiro atoms. The minimum absolute atomic E-state index is 0.403. The second kappa shape index (κ2) is 10.3. The predicted octanol–water partition coefficient (Wildman–Crippen LogP) is 4.57. The molecular formula is C24H31N3O3. The van der Waals surface area contributed by atoms with Crippen LogP contribution in [-0.4, -0.2) is 46.1 Å². The lowest BCUT2D eigenvalue weighted by molar-refractivity contribution is 0.122. The van der Waals surface area contributed by atoms with Crippen LogP contribution in [0.3, 0.4) is 0 Å². The van der Waals surface area contributed by atoms with Crippen molar-refractivity contribution in [3.8, 4) is 23.1 Å². The molecule has 0 bridgehead atoms. The Morgan fingerprint density at radius 1 is 1.07 bits per heavy atom. The Morgan fingerprint density at radius 3 is 2.37 bits per heavy atom. The Bertz CT molecular complexity index is 938. The molecule has 0 radical (unpaired) electrons. The smallest absolute Gasteiger partial charge is 0.227 e. The number of hydrogen-bond acceptors (Lipinski definition) is 5. The maximum absolute atomic E-state index is 9.94. The normalized spacial score (nSPS) is 12.2. The number of aromatic nitrogens is 2. The van der Waals surface area contributed by atoms with Gasteiger partial charge in [-0.3, -0.25) is 4.90 Å². The molecule has 0 aliphatic rings. The van der Waals surface area contributed by atoms with Crippen LogP contribution in [0.4, 0.5) is 0 Å². The van der Waals surface area contributed by atoms with E-state index >= 15 is 0 Å². The average Bonchev–Trinajstić information content (AvgIpc) is 3.04. The largest absolute Gasteiger partial charge is 0.493 e. The quantitative estimate of drug-likeness (QED) is 0.531. The second-order valence-corrected chi connectivity index (χ2v) is 7.45.